The average Bonchev–Trinajstić information content (AvgIpc) is 2.52. The maximum absolute atomic E-state index is 12.2. The summed E-state index contributed by atoms with van der Waals surface area (Å²) in [6.45, 7) is -0.230. The van der Waals surface area contributed by atoms with Crippen molar-refractivity contribution in [1.82, 2.24) is 0 Å². The van der Waals surface area contributed by atoms with Crippen LogP contribution in [0, 0.1) is 5.92 Å². The molecule has 0 N–H and O–H groups in total. The number of halogens is 1. The highest BCUT2D eigenvalue weighted by molar-refractivity contribution is 5.49. The molecule has 1 nitrogen and oxygen atoms in total. The average molecular weight is 276 g/mol. The number of hydrogen-bond donors (Lipinski definition) is 0. The van der Waals surface area contributed by atoms with Crippen molar-refractivity contribution in [2.45, 2.75) is 57.3 Å². The second-order valence-corrected chi connectivity index (χ2v) is 6.00. The molecule has 110 valence electrons. The van der Waals surface area contributed by atoms with Crippen molar-refractivity contribution in [2.24, 2.45) is 5.92 Å². The van der Waals surface area contributed by atoms with E-state index in [1.807, 2.05) is 0 Å². The van der Waals surface area contributed by atoms with Crippen LogP contribution in [0.2, 0.25) is 0 Å². The van der Waals surface area contributed by atoms with Crippen molar-refractivity contribution in [3.05, 3.63) is 35.4 Å². The lowest BCUT2D eigenvalue weighted by Gasteiger charge is -2.28. The molecule has 1 aliphatic rings. The van der Waals surface area contributed by atoms with E-state index in [9.17, 15) is 9.18 Å². The SMILES string of the molecule is O=CCCC1CCC(c2ccc(CCCF)cc2)CC1. The molecule has 0 bridgehead atoms. The molecule has 0 spiro atoms. The lowest BCUT2D eigenvalue weighted by atomic mass is 9.77. The summed E-state index contributed by atoms with van der Waals surface area (Å²) >= 11 is 0. The third-order valence-corrected chi connectivity index (χ3v) is 4.59. The van der Waals surface area contributed by atoms with E-state index in [-0.39, 0.29) is 6.67 Å². The number of hydrogen-bond acceptors (Lipinski definition) is 1. The third-order valence-electron chi connectivity index (χ3n) is 4.59. The molecule has 0 radical (unpaired) electrons. The number of rotatable bonds is 7. The van der Waals surface area contributed by atoms with Crippen LogP contribution in [0.15, 0.2) is 24.3 Å². The Morgan fingerprint density at radius 1 is 1.10 bits per heavy atom. The van der Waals surface area contributed by atoms with Crippen LogP contribution < -0.4 is 0 Å². The molecule has 0 aliphatic heterocycles. The summed E-state index contributed by atoms with van der Waals surface area (Å²) in [5.41, 5.74) is 2.67. The van der Waals surface area contributed by atoms with E-state index in [1.165, 1.54) is 36.8 Å². The van der Waals surface area contributed by atoms with Crippen LogP contribution in [0.1, 0.15) is 62.0 Å². The van der Waals surface area contributed by atoms with Crippen molar-refractivity contribution in [3.8, 4) is 0 Å². The Morgan fingerprint density at radius 2 is 1.80 bits per heavy atom. The van der Waals surface area contributed by atoms with E-state index < -0.39 is 0 Å². The number of alkyl halides is 1. The molecule has 1 aliphatic carbocycles. The molecule has 1 saturated carbocycles. The second-order valence-electron chi connectivity index (χ2n) is 6.00. The van der Waals surface area contributed by atoms with Gasteiger partial charge in [0, 0.05) is 6.42 Å². The fourth-order valence-electron chi connectivity index (χ4n) is 3.32. The van der Waals surface area contributed by atoms with Gasteiger partial charge in [-0.2, -0.15) is 0 Å². The van der Waals surface area contributed by atoms with E-state index >= 15 is 0 Å². The first-order valence-electron chi connectivity index (χ1n) is 7.92. The first kappa shape index (κ1) is 15.2. The maximum Gasteiger partial charge on any atom is 0.120 e. The zero-order valence-electron chi connectivity index (χ0n) is 12.2. The minimum atomic E-state index is -0.230. The van der Waals surface area contributed by atoms with E-state index in [2.05, 4.69) is 24.3 Å². The van der Waals surface area contributed by atoms with Crippen LogP contribution in [-0.4, -0.2) is 13.0 Å². The predicted molar refractivity (Wildman–Crippen MR) is 80.7 cm³/mol. The third kappa shape index (κ3) is 4.43. The van der Waals surface area contributed by atoms with Crippen LogP contribution in [0.3, 0.4) is 0 Å². The minimum Gasteiger partial charge on any atom is -0.303 e. The molecule has 0 heterocycles. The van der Waals surface area contributed by atoms with Gasteiger partial charge >= 0.3 is 0 Å². The smallest absolute Gasteiger partial charge is 0.120 e. The molecular formula is C18H25FO. The number of aldehydes is 1. The van der Waals surface area contributed by atoms with Crippen molar-refractivity contribution >= 4 is 6.29 Å². The molecule has 1 fully saturated rings. The lowest BCUT2D eigenvalue weighted by Crippen LogP contribution is -2.13. The molecule has 0 unspecified atom stereocenters. The topological polar surface area (TPSA) is 17.1 Å². The molecule has 2 heteroatoms. The summed E-state index contributed by atoms with van der Waals surface area (Å²) in [4.78, 5) is 10.4. The van der Waals surface area contributed by atoms with E-state index in [0.29, 0.717) is 12.3 Å². The summed E-state index contributed by atoms with van der Waals surface area (Å²) in [6, 6.07) is 8.76. The lowest BCUT2D eigenvalue weighted by molar-refractivity contribution is -0.108. The zero-order chi connectivity index (χ0) is 14.2. The van der Waals surface area contributed by atoms with Crippen LogP contribution in [0.4, 0.5) is 4.39 Å². The summed E-state index contributed by atoms with van der Waals surface area (Å²) < 4.78 is 12.2. The van der Waals surface area contributed by atoms with Crippen molar-refractivity contribution in [2.75, 3.05) is 6.67 Å². The van der Waals surface area contributed by atoms with Crippen LogP contribution in [0.25, 0.3) is 0 Å². The molecule has 1 aromatic rings. The highest BCUT2D eigenvalue weighted by atomic mass is 19.1. The highest BCUT2D eigenvalue weighted by Gasteiger charge is 2.21. The van der Waals surface area contributed by atoms with Gasteiger partial charge in [-0.05, 0) is 67.9 Å². The van der Waals surface area contributed by atoms with Crippen LogP contribution in [0.5, 0.6) is 0 Å². The molecule has 0 aromatic heterocycles. The Bertz CT molecular complexity index is 390. The minimum absolute atomic E-state index is 0.230. The first-order chi connectivity index (χ1) is 9.83. The fraction of sp³-hybridized carbons (Fsp3) is 0.611. The highest BCUT2D eigenvalue weighted by Crippen LogP contribution is 2.37. The molecule has 20 heavy (non-hydrogen) atoms. The number of benzene rings is 1. The Labute approximate surface area is 121 Å². The van der Waals surface area contributed by atoms with E-state index in [0.717, 1.165) is 31.5 Å². The quantitative estimate of drug-likeness (QED) is 0.651. The normalized spacial score (nSPS) is 22.6. The van der Waals surface area contributed by atoms with Crippen LogP contribution in [-0.2, 0) is 11.2 Å². The number of carbonyl (C=O) groups is 1. The summed E-state index contributed by atoms with van der Waals surface area (Å²) in [5, 5.41) is 0. The largest absolute Gasteiger partial charge is 0.303 e. The van der Waals surface area contributed by atoms with Gasteiger partial charge in [-0.15, -0.1) is 0 Å². The monoisotopic (exact) mass is 276 g/mol. The molecule has 0 saturated heterocycles. The number of carbonyl (C=O) groups excluding carboxylic acids is 1. The van der Waals surface area contributed by atoms with Gasteiger partial charge in [-0.25, -0.2) is 0 Å². The second kappa shape index (κ2) is 8.18. The Morgan fingerprint density at radius 3 is 2.40 bits per heavy atom. The Balaban J connectivity index is 1.82. The van der Waals surface area contributed by atoms with E-state index in [4.69, 9.17) is 0 Å². The van der Waals surface area contributed by atoms with Gasteiger partial charge in [0.1, 0.15) is 6.29 Å². The van der Waals surface area contributed by atoms with E-state index in [1.54, 1.807) is 0 Å². The van der Waals surface area contributed by atoms with Crippen LogP contribution >= 0.6 is 0 Å². The molecular weight excluding hydrogens is 251 g/mol. The van der Waals surface area contributed by atoms with Gasteiger partial charge in [-0.3, -0.25) is 4.39 Å². The number of aryl methyl sites for hydroxylation is 1. The summed E-state index contributed by atoms with van der Waals surface area (Å²) in [7, 11) is 0. The zero-order valence-corrected chi connectivity index (χ0v) is 12.2. The van der Waals surface area contributed by atoms with Gasteiger partial charge in [0.05, 0.1) is 6.67 Å². The molecule has 2 rings (SSSR count). The van der Waals surface area contributed by atoms with Gasteiger partial charge < -0.3 is 4.79 Å². The van der Waals surface area contributed by atoms with Crippen molar-refractivity contribution in [3.63, 3.8) is 0 Å². The summed E-state index contributed by atoms with van der Waals surface area (Å²) in [5.74, 6) is 1.43. The first-order valence-corrected chi connectivity index (χ1v) is 7.92. The summed E-state index contributed by atoms with van der Waals surface area (Å²) in [6.07, 6.45) is 9.29. The Kier molecular flexibility index (Phi) is 6.23. The molecule has 0 atom stereocenters. The Hall–Kier alpha value is -1.18. The predicted octanol–water partition coefficient (Wildman–Crippen LogP) is 4.84. The van der Waals surface area contributed by atoms with Gasteiger partial charge in [-0.1, -0.05) is 24.3 Å². The standard InChI is InChI=1S/C18H25FO/c19-13-1-3-15-5-9-17(10-6-15)18-11-7-16(8-12-18)4-2-14-20/h5-6,9-10,14,16,18H,1-4,7-8,11-13H2. The maximum atomic E-state index is 12.2. The molecule has 0 amide bonds. The van der Waals surface area contributed by atoms with Gasteiger partial charge in [0.2, 0.25) is 0 Å². The van der Waals surface area contributed by atoms with Crippen molar-refractivity contribution in [1.29, 1.82) is 0 Å². The van der Waals surface area contributed by atoms with Gasteiger partial charge in [0.25, 0.3) is 0 Å². The molecule has 1 aromatic carbocycles. The fourth-order valence-corrected chi connectivity index (χ4v) is 3.32. The van der Waals surface area contributed by atoms with Gasteiger partial charge in [0.15, 0.2) is 0 Å². The van der Waals surface area contributed by atoms with Crippen molar-refractivity contribution < 1.29 is 9.18 Å².